The van der Waals surface area contributed by atoms with E-state index in [0.717, 1.165) is 51.4 Å². The van der Waals surface area contributed by atoms with E-state index in [2.05, 4.69) is 0 Å². The van der Waals surface area contributed by atoms with E-state index in [9.17, 15) is 19.2 Å². The average Bonchev–Trinajstić information content (AvgIpc) is 2.95. The van der Waals surface area contributed by atoms with Gasteiger partial charge in [-0.1, -0.05) is 95.9 Å². The number of aromatic carboxylic acids is 2. The molecular weight excluding hydrogens is 492 g/mol. The summed E-state index contributed by atoms with van der Waals surface area (Å²) in [5.41, 5.74) is 1.58. The number of carboxylic acids is 2. The Balaban J connectivity index is 1.55. The molecule has 0 spiro atoms. The van der Waals surface area contributed by atoms with E-state index in [1.165, 1.54) is 56.4 Å². The molecule has 0 aliphatic heterocycles. The van der Waals surface area contributed by atoms with Gasteiger partial charge in [-0.3, -0.25) is 9.59 Å². The third-order valence-electron chi connectivity index (χ3n) is 7.67. The van der Waals surface area contributed by atoms with Crippen LogP contribution in [0.25, 0.3) is 0 Å². The molecule has 0 radical (unpaired) electrons. The molecule has 0 aliphatic rings. The maximum atomic E-state index is 12.8. The van der Waals surface area contributed by atoms with Gasteiger partial charge in [0.1, 0.15) is 0 Å². The smallest absolute Gasteiger partial charge is 0.335 e. The Morgan fingerprint density at radius 2 is 0.744 bits per heavy atom. The first-order chi connectivity index (χ1) is 18.8. The van der Waals surface area contributed by atoms with E-state index >= 15 is 0 Å². The second kappa shape index (κ2) is 17.3. The topological polar surface area (TPSA) is 109 Å². The first-order valence-corrected chi connectivity index (χ1v) is 14.5. The van der Waals surface area contributed by atoms with Crippen molar-refractivity contribution in [1.29, 1.82) is 0 Å². The number of benzene rings is 2. The molecule has 0 amide bonds. The molecule has 2 unspecified atom stereocenters. The summed E-state index contributed by atoms with van der Waals surface area (Å²) < 4.78 is 0. The van der Waals surface area contributed by atoms with E-state index in [1.807, 2.05) is 13.8 Å². The van der Waals surface area contributed by atoms with Crippen LogP contribution in [0, 0.1) is 11.8 Å². The van der Waals surface area contributed by atoms with Crippen LogP contribution in [-0.4, -0.2) is 33.7 Å². The van der Waals surface area contributed by atoms with Crippen molar-refractivity contribution in [2.75, 3.05) is 0 Å². The molecule has 0 aliphatic carbocycles. The molecule has 0 fully saturated rings. The zero-order valence-corrected chi connectivity index (χ0v) is 23.5. The Morgan fingerprint density at radius 1 is 0.487 bits per heavy atom. The van der Waals surface area contributed by atoms with Crippen molar-refractivity contribution in [2.24, 2.45) is 11.8 Å². The Kier molecular flexibility index (Phi) is 14.2. The Hall–Kier alpha value is -3.28. The summed E-state index contributed by atoms with van der Waals surface area (Å²) in [5, 5.41) is 18.0. The summed E-state index contributed by atoms with van der Waals surface area (Å²) in [6.45, 7) is 4.07. The fourth-order valence-corrected chi connectivity index (χ4v) is 5.09. The van der Waals surface area contributed by atoms with Gasteiger partial charge in [0.05, 0.1) is 11.1 Å². The van der Waals surface area contributed by atoms with Crippen LogP contribution in [-0.2, 0) is 0 Å². The van der Waals surface area contributed by atoms with E-state index < -0.39 is 11.9 Å². The molecule has 0 saturated carbocycles. The summed E-state index contributed by atoms with van der Waals surface area (Å²) in [6, 6.07) is 12.5. The van der Waals surface area contributed by atoms with E-state index in [1.54, 1.807) is 24.3 Å². The van der Waals surface area contributed by atoms with Crippen molar-refractivity contribution in [3.63, 3.8) is 0 Å². The maximum absolute atomic E-state index is 12.8. The van der Waals surface area contributed by atoms with Crippen LogP contribution < -0.4 is 0 Å². The van der Waals surface area contributed by atoms with E-state index in [-0.39, 0.29) is 34.5 Å². The van der Waals surface area contributed by atoms with Gasteiger partial charge >= 0.3 is 11.9 Å². The highest BCUT2D eigenvalue weighted by molar-refractivity contribution is 5.99. The Morgan fingerprint density at radius 3 is 1.00 bits per heavy atom. The number of ketones is 2. The fraction of sp³-hybridized carbons (Fsp3) is 0.515. The van der Waals surface area contributed by atoms with Crippen LogP contribution in [0.3, 0.4) is 0 Å². The fourth-order valence-electron chi connectivity index (χ4n) is 5.09. The minimum atomic E-state index is -0.985. The summed E-state index contributed by atoms with van der Waals surface area (Å²) in [4.78, 5) is 47.5. The summed E-state index contributed by atoms with van der Waals surface area (Å²) in [6.07, 6.45) is 13.6. The highest BCUT2D eigenvalue weighted by Crippen LogP contribution is 2.22. The number of Topliss-reactive ketones (excluding diaryl/α,β-unsaturated/α-hetero) is 2. The van der Waals surface area contributed by atoms with Crippen molar-refractivity contribution in [1.82, 2.24) is 0 Å². The normalized spacial score (nSPS) is 12.6. The van der Waals surface area contributed by atoms with Crippen LogP contribution in [0.2, 0.25) is 0 Å². The quantitative estimate of drug-likeness (QED) is 0.130. The van der Waals surface area contributed by atoms with Crippen molar-refractivity contribution in [3.8, 4) is 0 Å². The summed E-state index contributed by atoms with van der Waals surface area (Å²) in [5.74, 6) is -1.77. The summed E-state index contributed by atoms with van der Waals surface area (Å²) in [7, 11) is 0. The van der Waals surface area contributed by atoms with Crippen molar-refractivity contribution >= 4 is 23.5 Å². The number of carbonyl (C=O) groups excluding carboxylic acids is 2. The third kappa shape index (κ3) is 10.8. The monoisotopic (exact) mass is 536 g/mol. The lowest BCUT2D eigenvalue weighted by Crippen LogP contribution is -2.14. The molecule has 0 aromatic heterocycles. The van der Waals surface area contributed by atoms with Gasteiger partial charge in [0, 0.05) is 23.0 Å². The van der Waals surface area contributed by atoms with E-state index in [4.69, 9.17) is 10.2 Å². The number of carboxylic acid groups (broad SMARTS) is 2. The average molecular weight is 537 g/mol. The molecule has 2 N–H and O–H groups in total. The minimum absolute atomic E-state index is 0.0105. The molecule has 2 rings (SSSR count). The largest absolute Gasteiger partial charge is 0.478 e. The van der Waals surface area contributed by atoms with Gasteiger partial charge in [0.2, 0.25) is 0 Å². The van der Waals surface area contributed by atoms with E-state index in [0.29, 0.717) is 11.1 Å². The lowest BCUT2D eigenvalue weighted by atomic mass is 9.89. The van der Waals surface area contributed by atoms with Crippen LogP contribution in [0.1, 0.15) is 139 Å². The number of hydrogen-bond donors (Lipinski definition) is 2. The molecule has 39 heavy (non-hydrogen) atoms. The molecule has 0 bridgehead atoms. The standard InChI is InChI=1S/C33H44O6/c1-3-24(30(34)26-16-20-28(21-17-26)32(36)37)14-12-10-8-6-5-7-9-11-13-15-25(4-2)31(35)27-18-22-29(23-19-27)33(38)39/h16-25H,3-15H2,1-2H3,(H,36,37)(H,38,39). The molecular formula is C33H44O6. The molecule has 0 saturated heterocycles. The number of rotatable bonds is 20. The van der Waals surface area contributed by atoms with Gasteiger partial charge in [-0.05, 0) is 49.9 Å². The summed E-state index contributed by atoms with van der Waals surface area (Å²) >= 11 is 0. The van der Waals surface area contributed by atoms with Gasteiger partial charge in [-0.15, -0.1) is 0 Å². The molecule has 2 aromatic rings. The number of carbonyl (C=O) groups is 4. The van der Waals surface area contributed by atoms with Gasteiger partial charge in [-0.25, -0.2) is 9.59 Å². The van der Waals surface area contributed by atoms with Crippen LogP contribution in [0.5, 0.6) is 0 Å². The first kappa shape index (κ1) is 31.9. The molecule has 6 nitrogen and oxygen atoms in total. The molecule has 212 valence electrons. The van der Waals surface area contributed by atoms with Crippen molar-refractivity contribution in [3.05, 3.63) is 70.8 Å². The second-order valence-corrected chi connectivity index (χ2v) is 10.5. The van der Waals surface area contributed by atoms with Crippen molar-refractivity contribution < 1.29 is 29.4 Å². The van der Waals surface area contributed by atoms with Gasteiger partial charge in [0.25, 0.3) is 0 Å². The zero-order chi connectivity index (χ0) is 28.6. The highest BCUT2D eigenvalue weighted by atomic mass is 16.4. The molecule has 0 heterocycles. The van der Waals surface area contributed by atoms with Crippen LogP contribution >= 0.6 is 0 Å². The number of unbranched alkanes of at least 4 members (excludes halogenated alkanes) is 8. The van der Waals surface area contributed by atoms with Gasteiger partial charge in [0.15, 0.2) is 11.6 Å². The first-order valence-electron chi connectivity index (χ1n) is 14.5. The molecule has 2 atom stereocenters. The lowest BCUT2D eigenvalue weighted by molar-refractivity contribution is 0.0686. The Labute approximate surface area is 232 Å². The molecule has 6 heteroatoms. The Bertz CT molecular complexity index is 969. The SMILES string of the molecule is CCC(CCCCCCCCCCCC(CC)C(=O)c1ccc(C(=O)O)cc1)C(=O)c1ccc(C(=O)O)cc1. The van der Waals surface area contributed by atoms with Gasteiger partial charge < -0.3 is 10.2 Å². The predicted octanol–water partition coefficient (Wildman–Crippen LogP) is 8.49. The minimum Gasteiger partial charge on any atom is -0.478 e. The second-order valence-electron chi connectivity index (χ2n) is 10.5. The van der Waals surface area contributed by atoms with Crippen LogP contribution in [0.4, 0.5) is 0 Å². The third-order valence-corrected chi connectivity index (χ3v) is 7.67. The van der Waals surface area contributed by atoms with Gasteiger partial charge in [-0.2, -0.15) is 0 Å². The zero-order valence-electron chi connectivity index (χ0n) is 23.5. The number of hydrogen-bond acceptors (Lipinski definition) is 4. The predicted molar refractivity (Wildman–Crippen MR) is 154 cm³/mol. The maximum Gasteiger partial charge on any atom is 0.335 e. The van der Waals surface area contributed by atoms with Crippen molar-refractivity contribution in [2.45, 2.75) is 97.3 Å². The highest BCUT2D eigenvalue weighted by Gasteiger charge is 2.19. The molecule has 2 aromatic carbocycles. The lowest BCUT2D eigenvalue weighted by Gasteiger charge is -2.14. The van der Waals surface area contributed by atoms with Crippen LogP contribution in [0.15, 0.2) is 48.5 Å².